The number of unbranched alkanes of at least 4 members (excludes halogenated alkanes) is 2. The molecule has 0 spiro atoms. The van der Waals surface area contributed by atoms with E-state index in [9.17, 15) is 0 Å². The molecule has 0 atom stereocenters. The van der Waals surface area contributed by atoms with Gasteiger partial charge in [-0.25, -0.2) is 0 Å². The molecular weight excluding hydrogens is 250 g/mol. The van der Waals surface area contributed by atoms with Gasteiger partial charge < -0.3 is 10.6 Å². The fourth-order valence-corrected chi connectivity index (χ4v) is 2.84. The lowest BCUT2D eigenvalue weighted by Gasteiger charge is -2.21. The summed E-state index contributed by atoms with van der Waals surface area (Å²) in [6.45, 7) is 7.83. The zero-order chi connectivity index (χ0) is 14.2. The van der Waals surface area contributed by atoms with Crippen LogP contribution < -0.4 is 5.73 Å². The molecule has 5 nitrogen and oxygen atoms in total. The third-order valence-electron chi connectivity index (χ3n) is 4.01. The minimum atomic E-state index is 0.831. The van der Waals surface area contributed by atoms with Crippen LogP contribution in [0.1, 0.15) is 31.4 Å². The van der Waals surface area contributed by atoms with E-state index in [4.69, 9.17) is 5.73 Å². The molecule has 0 aliphatic carbocycles. The van der Waals surface area contributed by atoms with E-state index in [1.54, 1.807) is 0 Å². The summed E-state index contributed by atoms with van der Waals surface area (Å²) in [5.74, 6) is 0. The van der Waals surface area contributed by atoms with E-state index < -0.39 is 0 Å². The normalized spacial score (nSPS) is 18.3. The van der Waals surface area contributed by atoms with Gasteiger partial charge in [-0.05, 0) is 51.5 Å². The number of hydrogen-bond acceptors (Lipinski definition) is 4. The van der Waals surface area contributed by atoms with Crippen LogP contribution in [-0.2, 0) is 13.6 Å². The van der Waals surface area contributed by atoms with Crippen LogP contribution in [0.4, 0.5) is 0 Å². The number of hydrogen-bond donors (Lipinski definition) is 1. The third-order valence-corrected chi connectivity index (χ3v) is 4.01. The molecule has 114 valence electrons. The Bertz CT molecular complexity index is 376. The van der Waals surface area contributed by atoms with E-state index in [1.807, 2.05) is 17.9 Å². The molecule has 2 N–H and O–H groups in total. The molecule has 2 heterocycles. The predicted octanol–water partition coefficient (Wildman–Crippen LogP) is 1.06. The minimum Gasteiger partial charge on any atom is -0.330 e. The topological polar surface area (TPSA) is 50.3 Å². The Morgan fingerprint density at radius 2 is 1.90 bits per heavy atom. The third kappa shape index (κ3) is 5.23. The zero-order valence-electron chi connectivity index (χ0n) is 12.8. The van der Waals surface area contributed by atoms with Gasteiger partial charge in [-0.3, -0.25) is 9.58 Å². The average molecular weight is 279 g/mol. The second-order valence-corrected chi connectivity index (χ2v) is 5.80. The molecule has 0 unspecified atom stereocenters. The second kappa shape index (κ2) is 8.39. The summed E-state index contributed by atoms with van der Waals surface area (Å²) in [4.78, 5) is 5.14. The zero-order valence-corrected chi connectivity index (χ0v) is 12.8. The van der Waals surface area contributed by atoms with Gasteiger partial charge in [0.05, 0.1) is 5.69 Å². The summed E-state index contributed by atoms with van der Waals surface area (Å²) in [6.07, 6.45) is 7.02. The van der Waals surface area contributed by atoms with Gasteiger partial charge in [0.2, 0.25) is 0 Å². The Kier molecular flexibility index (Phi) is 6.50. The van der Waals surface area contributed by atoms with E-state index in [-0.39, 0.29) is 0 Å². The highest BCUT2D eigenvalue weighted by molar-refractivity contribution is 4.98. The van der Waals surface area contributed by atoms with Crippen molar-refractivity contribution in [2.75, 3.05) is 39.3 Å². The van der Waals surface area contributed by atoms with Gasteiger partial charge >= 0.3 is 0 Å². The largest absolute Gasteiger partial charge is 0.330 e. The Hall–Kier alpha value is -0.910. The molecule has 1 aliphatic rings. The SMILES string of the molecule is Cn1ccc(CN2CCCN(CCCCCN)CC2)n1. The molecule has 1 aromatic heterocycles. The fraction of sp³-hybridized carbons (Fsp3) is 0.800. The van der Waals surface area contributed by atoms with Crippen LogP contribution in [0.2, 0.25) is 0 Å². The lowest BCUT2D eigenvalue weighted by Crippen LogP contribution is -2.31. The summed E-state index contributed by atoms with van der Waals surface area (Å²) < 4.78 is 1.89. The molecule has 20 heavy (non-hydrogen) atoms. The molecule has 1 saturated heterocycles. The fourth-order valence-electron chi connectivity index (χ4n) is 2.84. The smallest absolute Gasteiger partial charge is 0.0764 e. The summed E-state index contributed by atoms with van der Waals surface area (Å²) in [7, 11) is 1.98. The van der Waals surface area contributed by atoms with Crippen LogP contribution in [-0.4, -0.2) is 58.8 Å². The first-order chi connectivity index (χ1) is 9.78. The van der Waals surface area contributed by atoms with E-state index in [0.29, 0.717) is 0 Å². The van der Waals surface area contributed by atoms with Gasteiger partial charge in [-0.1, -0.05) is 6.42 Å². The quantitative estimate of drug-likeness (QED) is 0.758. The molecule has 0 radical (unpaired) electrons. The highest BCUT2D eigenvalue weighted by Gasteiger charge is 2.15. The number of nitrogens with two attached hydrogens (primary N) is 1. The highest BCUT2D eigenvalue weighted by atomic mass is 15.3. The van der Waals surface area contributed by atoms with Crippen LogP contribution in [0.3, 0.4) is 0 Å². The van der Waals surface area contributed by atoms with Gasteiger partial charge in [-0.2, -0.15) is 5.10 Å². The van der Waals surface area contributed by atoms with Crippen LogP contribution in [0.25, 0.3) is 0 Å². The molecule has 5 heteroatoms. The van der Waals surface area contributed by atoms with Crippen LogP contribution in [0, 0.1) is 0 Å². The standard InChI is InChI=1S/C15H29N5/c1-18-11-6-15(17-18)14-20-10-5-9-19(12-13-20)8-4-2-3-7-16/h6,11H,2-5,7-10,12-14,16H2,1H3. The van der Waals surface area contributed by atoms with Gasteiger partial charge in [0.25, 0.3) is 0 Å². The van der Waals surface area contributed by atoms with E-state index in [1.165, 1.54) is 57.6 Å². The van der Waals surface area contributed by atoms with Crippen LogP contribution in [0.5, 0.6) is 0 Å². The predicted molar refractivity (Wildman–Crippen MR) is 82.4 cm³/mol. The van der Waals surface area contributed by atoms with E-state index in [2.05, 4.69) is 21.0 Å². The highest BCUT2D eigenvalue weighted by Crippen LogP contribution is 2.08. The van der Waals surface area contributed by atoms with Crippen molar-refractivity contribution in [3.63, 3.8) is 0 Å². The van der Waals surface area contributed by atoms with E-state index >= 15 is 0 Å². The number of rotatable bonds is 7. The van der Waals surface area contributed by atoms with Crippen molar-refractivity contribution in [1.29, 1.82) is 0 Å². The Morgan fingerprint density at radius 1 is 1.10 bits per heavy atom. The minimum absolute atomic E-state index is 0.831. The maximum Gasteiger partial charge on any atom is 0.0764 e. The van der Waals surface area contributed by atoms with Gasteiger partial charge in [0.1, 0.15) is 0 Å². The van der Waals surface area contributed by atoms with Gasteiger partial charge in [-0.15, -0.1) is 0 Å². The molecule has 0 amide bonds. The monoisotopic (exact) mass is 279 g/mol. The first-order valence-electron chi connectivity index (χ1n) is 7.91. The maximum atomic E-state index is 5.54. The molecule has 1 fully saturated rings. The van der Waals surface area contributed by atoms with Crippen molar-refractivity contribution in [2.24, 2.45) is 12.8 Å². The molecular formula is C15H29N5. The van der Waals surface area contributed by atoms with Crippen molar-refractivity contribution in [1.82, 2.24) is 19.6 Å². The molecule has 0 saturated carbocycles. The summed E-state index contributed by atoms with van der Waals surface area (Å²) >= 11 is 0. The molecule has 1 aromatic rings. The summed E-state index contributed by atoms with van der Waals surface area (Å²) in [5.41, 5.74) is 6.72. The van der Waals surface area contributed by atoms with Crippen molar-refractivity contribution in [3.05, 3.63) is 18.0 Å². The van der Waals surface area contributed by atoms with Crippen LogP contribution >= 0.6 is 0 Å². The number of aromatic nitrogens is 2. The van der Waals surface area contributed by atoms with Crippen molar-refractivity contribution < 1.29 is 0 Å². The van der Waals surface area contributed by atoms with Crippen molar-refractivity contribution in [2.45, 2.75) is 32.2 Å². The first-order valence-corrected chi connectivity index (χ1v) is 7.91. The van der Waals surface area contributed by atoms with Gasteiger partial charge in [0.15, 0.2) is 0 Å². The van der Waals surface area contributed by atoms with Crippen molar-refractivity contribution in [3.8, 4) is 0 Å². The van der Waals surface area contributed by atoms with Crippen molar-refractivity contribution >= 4 is 0 Å². The number of aryl methyl sites for hydroxylation is 1. The number of nitrogens with zero attached hydrogens (tertiary/aromatic N) is 4. The lowest BCUT2D eigenvalue weighted by molar-refractivity contribution is 0.246. The first kappa shape index (κ1) is 15.5. The Labute approximate surface area is 122 Å². The van der Waals surface area contributed by atoms with E-state index in [0.717, 1.165) is 19.6 Å². The van der Waals surface area contributed by atoms with Gasteiger partial charge in [0, 0.05) is 32.9 Å². The maximum absolute atomic E-state index is 5.54. The second-order valence-electron chi connectivity index (χ2n) is 5.80. The summed E-state index contributed by atoms with van der Waals surface area (Å²) in [5, 5.41) is 4.47. The summed E-state index contributed by atoms with van der Waals surface area (Å²) in [6, 6.07) is 2.12. The molecule has 2 rings (SSSR count). The lowest BCUT2D eigenvalue weighted by atomic mass is 10.2. The Morgan fingerprint density at radius 3 is 2.65 bits per heavy atom. The molecule has 0 aromatic carbocycles. The molecule has 0 bridgehead atoms. The molecule has 1 aliphatic heterocycles. The van der Waals surface area contributed by atoms with Crippen LogP contribution in [0.15, 0.2) is 12.3 Å². The average Bonchev–Trinajstić information content (AvgIpc) is 2.71. The Balaban J connectivity index is 1.69.